The number of hydrogen-bond acceptors (Lipinski definition) is 6. The molecule has 2 amide bonds. The van der Waals surface area contributed by atoms with E-state index in [0.717, 1.165) is 0 Å². The molecule has 0 saturated heterocycles. The minimum atomic E-state index is -0.383. The molecule has 8 heteroatoms. The van der Waals surface area contributed by atoms with Crippen molar-refractivity contribution in [2.75, 3.05) is 31.1 Å². The number of methoxy groups -OCH3 is 1. The number of nitrogens with one attached hydrogen (secondary N) is 2. The molecule has 0 aromatic heterocycles. The van der Waals surface area contributed by atoms with Crippen LogP contribution in [0.3, 0.4) is 0 Å². The van der Waals surface area contributed by atoms with E-state index in [4.69, 9.17) is 19.9 Å². The number of rotatable bonds is 5. The molecule has 0 atom stereocenters. The summed E-state index contributed by atoms with van der Waals surface area (Å²) in [4.78, 5) is 24.1. The molecule has 8 nitrogen and oxygen atoms in total. The standard InChI is InChI=1S/C17H17N3O5/c1-23-11-3-4-12(13(7-11)19-16(21)8-18)20-17(22)10-2-5-14-15(6-10)25-9-24-14/h2-7H,8-9,18H2,1H3,(H,19,21)(H,20,22). The Bertz CT molecular complexity index is 822. The van der Waals surface area contributed by atoms with E-state index in [1.807, 2.05) is 0 Å². The molecule has 0 spiro atoms. The van der Waals surface area contributed by atoms with Gasteiger partial charge in [-0.3, -0.25) is 9.59 Å². The van der Waals surface area contributed by atoms with Crippen molar-refractivity contribution in [3.63, 3.8) is 0 Å². The Labute approximate surface area is 143 Å². The van der Waals surface area contributed by atoms with Crippen molar-refractivity contribution in [1.29, 1.82) is 0 Å². The number of benzene rings is 2. The van der Waals surface area contributed by atoms with Crippen LogP contribution in [0.5, 0.6) is 17.2 Å². The van der Waals surface area contributed by atoms with E-state index in [9.17, 15) is 9.59 Å². The molecule has 0 bridgehead atoms. The predicted octanol–water partition coefficient (Wildman–Crippen LogP) is 1.57. The third-order valence-electron chi connectivity index (χ3n) is 3.57. The van der Waals surface area contributed by atoms with Gasteiger partial charge in [-0.05, 0) is 30.3 Å². The van der Waals surface area contributed by atoms with Gasteiger partial charge in [0.05, 0.1) is 25.0 Å². The van der Waals surface area contributed by atoms with Crippen molar-refractivity contribution >= 4 is 23.2 Å². The number of ether oxygens (including phenoxy) is 3. The number of hydrogen-bond donors (Lipinski definition) is 3. The molecule has 1 aliphatic rings. The first-order valence-corrected chi connectivity index (χ1v) is 7.49. The van der Waals surface area contributed by atoms with E-state index in [1.54, 1.807) is 36.4 Å². The van der Waals surface area contributed by atoms with Crippen molar-refractivity contribution in [3.05, 3.63) is 42.0 Å². The van der Waals surface area contributed by atoms with Gasteiger partial charge in [-0.2, -0.15) is 0 Å². The second-order valence-electron chi connectivity index (χ2n) is 5.19. The molecule has 4 N–H and O–H groups in total. The first-order chi connectivity index (χ1) is 12.1. The molecule has 25 heavy (non-hydrogen) atoms. The van der Waals surface area contributed by atoms with Gasteiger partial charge < -0.3 is 30.6 Å². The van der Waals surface area contributed by atoms with Gasteiger partial charge in [0.2, 0.25) is 12.7 Å². The normalized spacial score (nSPS) is 11.8. The summed E-state index contributed by atoms with van der Waals surface area (Å²) in [7, 11) is 1.51. The molecule has 0 aliphatic carbocycles. The number of amides is 2. The van der Waals surface area contributed by atoms with E-state index in [0.29, 0.717) is 34.2 Å². The molecule has 0 radical (unpaired) electrons. The van der Waals surface area contributed by atoms with Crippen molar-refractivity contribution in [1.82, 2.24) is 0 Å². The first kappa shape index (κ1) is 16.6. The molecular formula is C17H17N3O5. The maximum atomic E-state index is 12.5. The number of carbonyl (C=O) groups is 2. The zero-order valence-corrected chi connectivity index (χ0v) is 13.5. The summed E-state index contributed by atoms with van der Waals surface area (Å²) in [5, 5.41) is 5.38. The zero-order valence-electron chi connectivity index (χ0n) is 13.5. The van der Waals surface area contributed by atoms with Gasteiger partial charge in [0.1, 0.15) is 5.75 Å². The lowest BCUT2D eigenvalue weighted by Gasteiger charge is -2.13. The van der Waals surface area contributed by atoms with Gasteiger partial charge in [0.15, 0.2) is 11.5 Å². The molecule has 1 heterocycles. The Morgan fingerprint density at radius 2 is 1.88 bits per heavy atom. The van der Waals surface area contributed by atoms with Crippen LogP contribution in [0.15, 0.2) is 36.4 Å². The van der Waals surface area contributed by atoms with Gasteiger partial charge in [-0.1, -0.05) is 0 Å². The average Bonchev–Trinajstić information content (AvgIpc) is 3.10. The lowest BCUT2D eigenvalue weighted by atomic mass is 10.1. The van der Waals surface area contributed by atoms with E-state index in [-0.39, 0.29) is 25.2 Å². The maximum Gasteiger partial charge on any atom is 0.255 e. The van der Waals surface area contributed by atoms with E-state index in [2.05, 4.69) is 10.6 Å². The number of fused-ring (bicyclic) bond motifs is 1. The topological polar surface area (TPSA) is 112 Å². The highest BCUT2D eigenvalue weighted by Gasteiger charge is 2.17. The van der Waals surface area contributed by atoms with Crippen LogP contribution in [0.1, 0.15) is 10.4 Å². The summed E-state index contributed by atoms with van der Waals surface area (Å²) in [6, 6.07) is 9.80. The van der Waals surface area contributed by atoms with Gasteiger partial charge in [-0.25, -0.2) is 0 Å². The van der Waals surface area contributed by atoms with Crippen molar-refractivity contribution in [2.45, 2.75) is 0 Å². The van der Waals surface area contributed by atoms with Crippen LogP contribution in [-0.4, -0.2) is 32.3 Å². The summed E-state index contributed by atoms with van der Waals surface area (Å²) < 4.78 is 15.6. The van der Waals surface area contributed by atoms with Crippen LogP contribution in [0.2, 0.25) is 0 Å². The van der Waals surface area contributed by atoms with Gasteiger partial charge in [-0.15, -0.1) is 0 Å². The molecule has 0 saturated carbocycles. The fourth-order valence-corrected chi connectivity index (χ4v) is 2.30. The summed E-state index contributed by atoms with van der Waals surface area (Å²) in [5.74, 6) is 0.905. The Hall–Kier alpha value is -3.26. The largest absolute Gasteiger partial charge is 0.497 e. The quantitative estimate of drug-likeness (QED) is 0.760. The minimum absolute atomic E-state index is 0.133. The summed E-state index contributed by atoms with van der Waals surface area (Å²) in [5.41, 5.74) is 6.54. The zero-order chi connectivity index (χ0) is 17.8. The smallest absolute Gasteiger partial charge is 0.255 e. The number of nitrogens with two attached hydrogens (primary N) is 1. The van der Waals surface area contributed by atoms with Crippen LogP contribution in [0, 0.1) is 0 Å². The lowest BCUT2D eigenvalue weighted by molar-refractivity contribution is -0.114. The second-order valence-corrected chi connectivity index (χ2v) is 5.19. The van der Waals surface area contributed by atoms with Crippen LogP contribution in [0.25, 0.3) is 0 Å². The summed E-state index contributed by atoms with van der Waals surface area (Å²) in [6.45, 7) is -0.0408. The third kappa shape index (κ3) is 3.64. The molecule has 1 aliphatic heterocycles. The van der Waals surface area contributed by atoms with E-state index >= 15 is 0 Å². The monoisotopic (exact) mass is 343 g/mol. The lowest BCUT2D eigenvalue weighted by Crippen LogP contribution is -2.23. The van der Waals surface area contributed by atoms with Crippen LogP contribution >= 0.6 is 0 Å². The molecular weight excluding hydrogens is 326 g/mol. The van der Waals surface area contributed by atoms with Gasteiger partial charge in [0, 0.05) is 11.6 Å². The van der Waals surface area contributed by atoms with Crippen molar-refractivity contribution < 1.29 is 23.8 Å². The highest BCUT2D eigenvalue weighted by molar-refractivity contribution is 6.07. The predicted molar refractivity (Wildman–Crippen MR) is 91.2 cm³/mol. The Morgan fingerprint density at radius 3 is 2.64 bits per heavy atom. The fourth-order valence-electron chi connectivity index (χ4n) is 2.30. The first-order valence-electron chi connectivity index (χ1n) is 7.49. The summed E-state index contributed by atoms with van der Waals surface area (Å²) >= 11 is 0. The number of anilines is 2. The van der Waals surface area contributed by atoms with Gasteiger partial charge in [0.25, 0.3) is 5.91 Å². The third-order valence-corrected chi connectivity index (χ3v) is 3.57. The van der Waals surface area contributed by atoms with Crippen LogP contribution in [-0.2, 0) is 4.79 Å². The number of carbonyl (C=O) groups excluding carboxylic acids is 2. The summed E-state index contributed by atoms with van der Waals surface area (Å²) in [6.07, 6.45) is 0. The molecule has 2 aromatic rings. The van der Waals surface area contributed by atoms with E-state index in [1.165, 1.54) is 7.11 Å². The van der Waals surface area contributed by atoms with Crippen LogP contribution < -0.4 is 30.6 Å². The Balaban J connectivity index is 1.83. The van der Waals surface area contributed by atoms with Crippen LogP contribution in [0.4, 0.5) is 11.4 Å². The Morgan fingerprint density at radius 1 is 1.08 bits per heavy atom. The average molecular weight is 343 g/mol. The molecule has 0 unspecified atom stereocenters. The Kier molecular flexibility index (Phi) is 4.71. The highest BCUT2D eigenvalue weighted by atomic mass is 16.7. The molecule has 0 fully saturated rings. The van der Waals surface area contributed by atoms with Crippen molar-refractivity contribution in [3.8, 4) is 17.2 Å². The van der Waals surface area contributed by atoms with E-state index < -0.39 is 0 Å². The molecule has 2 aromatic carbocycles. The molecule has 3 rings (SSSR count). The fraction of sp³-hybridized carbons (Fsp3) is 0.176. The van der Waals surface area contributed by atoms with Crippen molar-refractivity contribution in [2.24, 2.45) is 5.73 Å². The minimum Gasteiger partial charge on any atom is -0.497 e. The highest BCUT2D eigenvalue weighted by Crippen LogP contribution is 2.33. The second kappa shape index (κ2) is 7.10. The SMILES string of the molecule is COc1ccc(NC(=O)c2ccc3c(c2)OCO3)c(NC(=O)CN)c1. The molecule has 130 valence electrons. The maximum absolute atomic E-state index is 12.5. The van der Waals surface area contributed by atoms with Gasteiger partial charge >= 0.3 is 0 Å².